The molecule has 2 heterocycles. The number of para-hydroxylation sites is 1. The third-order valence-electron chi connectivity index (χ3n) is 3.78. The predicted octanol–water partition coefficient (Wildman–Crippen LogP) is 1.52. The minimum atomic E-state index is -0.143. The van der Waals surface area contributed by atoms with Crippen molar-refractivity contribution >= 4 is 23.1 Å². The van der Waals surface area contributed by atoms with Gasteiger partial charge in [0.2, 0.25) is 0 Å². The van der Waals surface area contributed by atoms with Crippen molar-refractivity contribution in [1.82, 2.24) is 9.80 Å². The number of halogens is 1. The van der Waals surface area contributed by atoms with E-state index >= 15 is 0 Å². The summed E-state index contributed by atoms with van der Waals surface area (Å²) in [4.78, 5) is 6.51. The second-order valence-electron chi connectivity index (χ2n) is 5.08. The molecule has 3 rings (SSSR count). The highest BCUT2D eigenvalue weighted by Gasteiger charge is 2.24. The van der Waals surface area contributed by atoms with Gasteiger partial charge in [0.05, 0.1) is 18.9 Å². The normalized spacial score (nSPS) is 20.4. The summed E-state index contributed by atoms with van der Waals surface area (Å²) in [5, 5.41) is 0.599. The molecule has 4 nitrogen and oxygen atoms in total. The zero-order valence-electron chi connectivity index (χ0n) is 11.3. The fourth-order valence-electron chi connectivity index (χ4n) is 2.63. The lowest BCUT2D eigenvalue weighted by Crippen LogP contribution is -2.50. The molecule has 20 heavy (non-hydrogen) atoms. The van der Waals surface area contributed by atoms with Gasteiger partial charge in [-0.3, -0.25) is 4.90 Å². The Morgan fingerprint density at radius 3 is 2.50 bits per heavy atom. The molecule has 0 unspecified atom stereocenters. The molecule has 0 aliphatic carbocycles. The highest BCUT2D eigenvalue weighted by Crippen LogP contribution is 2.20. The van der Waals surface area contributed by atoms with Crippen molar-refractivity contribution in [3.63, 3.8) is 0 Å². The molecule has 108 valence electrons. The Kier molecular flexibility index (Phi) is 4.03. The molecule has 0 radical (unpaired) electrons. The lowest BCUT2D eigenvalue weighted by atomic mass is 10.2. The zero-order chi connectivity index (χ0) is 13.9. The van der Waals surface area contributed by atoms with E-state index in [2.05, 4.69) is 14.7 Å². The van der Waals surface area contributed by atoms with Gasteiger partial charge in [0.15, 0.2) is 0 Å². The standard InChI is InChI=1S/C14H18FN3OS/c15-12-3-1-2-4-13(12)17-7-5-16(6-8-17)11-18-9-10-19-14(18)20/h1-4H,5-11H2. The van der Waals surface area contributed by atoms with E-state index in [0.717, 1.165) is 39.4 Å². The van der Waals surface area contributed by atoms with Crippen LogP contribution >= 0.6 is 12.2 Å². The van der Waals surface area contributed by atoms with Gasteiger partial charge in [0, 0.05) is 26.2 Å². The van der Waals surface area contributed by atoms with Gasteiger partial charge < -0.3 is 14.5 Å². The third-order valence-corrected chi connectivity index (χ3v) is 4.16. The maximum absolute atomic E-state index is 13.8. The Morgan fingerprint density at radius 2 is 1.85 bits per heavy atom. The molecule has 6 heteroatoms. The van der Waals surface area contributed by atoms with Crippen LogP contribution in [0.4, 0.5) is 10.1 Å². The van der Waals surface area contributed by atoms with Crippen LogP contribution in [0, 0.1) is 5.82 Å². The first-order chi connectivity index (χ1) is 9.74. The maximum Gasteiger partial charge on any atom is 0.260 e. The monoisotopic (exact) mass is 295 g/mol. The van der Waals surface area contributed by atoms with Crippen LogP contribution in [0.2, 0.25) is 0 Å². The summed E-state index contributed by atoms with van der Waals surface area (Å²) < 4.78 is 19.0. The van der Waals surface area contributed by atoms with E-state index in [0.29, 0.717) is 17.5 Å². The number of piperazine rings is 1. The fraction of sp³-hybridized carbons (Fsp3) is 0.500. The number of anilines is 1. The average molecular weight is 295 g/mol. The van der Waals surface area contributed by atoms with Crippen LogP contribution in [0.5, 0.6) is 0 Å². The third kappa shape index (κ3) is 2.86. The molecule has 0 spiro atoms. The van der Waals surface area contributed by atoms with Gasteiger partial charge in [-0.25, -0.2) is 4.39 Å². The molecule has 0 saturated carbocycles. The summed E-state index contributed by atoms with van der Waals surface area (Å²) in [6, 6.07) is 6.96. The molecular formula is C14H18FN3OS. The van der Waals surface area contributed by atoms with Crippen molar-refractivity contribution in [2.75, 3.05) is 50.9 Å². The van der Waals surface area contributed by atoms with Crippen LogP contribution < -0.4 is 4.90 Å². The quantitative estimate of drug-likeness (QED) is 0.785. The van der Waals surface area contributed by atoms with E-state index in [9.17, 15) is 4.39 Å². The molecular weight excluding hydrogens is 277 g/mol. The van der Waals surface area contributed by atoms with Gasteiger partial charge in [-0.2, -0.15) is 0 Å². The first-order valence-electron chi connectivity index (χ1n) is 6.87. The molecule has 1 aromatic carbocycles. The van der Waals surface area contributed by atoms with Gasteiger partial charge in [-0.1, -0.05) is 12.1 Å². The number of hydrogen-bond donors (Lipinski definition) is 0. The zero-order valence-corrected chi connectivity index (χ0v) is 12.1. The molecule has 0 bridgehead atoms. The minimum Gasteiger partial charge on any atom is -0.469 e. The van der Waals surface area contributed by atoms with E-state index in [1.54, 1.807) is 6.07 Å². The number of rotatable bonds is 3. The number of thiocarbonyl (C=S) groups is 1. The van der Waals surface area contributed by atoms with Crippen LogP contribution in [0.25, 0.3) is 0 Å². The highest BCUT2D eigenvalue weighted by atomic mass is 32.1. The second-order valence-corrected chi connectivity index (χ2v) is 5.42. The van der Waals surface area contributed by atoms with Gasteiger partial charge in [-0.15, -0.1) is 0 Å². The Morgan fingerprint density at radius 1 is 1.10 bits per heavy atom. The van der Waals surface area contributed by atoms with Gasteiger partial charge in [0.1, 0.15) is 12.4 Å². The maximum atomic E-state index is 13.8. The summed E-state index contributed by atoms with van der Waals surface area (Å²) in [7, 11) is 0. The van der Waals surface area contributed by atoms with Gasteiger partial charge in [0.25, 0.3) is 5.17 Å². The lowest BCUT2D eigenvalue weighted by molar-refractivity contribution is 0.186. The first-order valence-corrected chi connectivity index (χ1v) is 7.28. The summed E-state index contributed by atoms with van der Waals surface area (Å²) >= 11 is 5.14. The SMILES string of the molecule is Fc1ccccc1N1CCN(CN2CCOC2=S)CC1. The van der Waals surface area contributed by atoms with Crippen molar-refractivity contribution < 1.29 is 9.13 Å². The summed E-state index contributed by atoms with van der Waals surface area (Å²) in [5.74, 6) is -0.143. The smallest absolute Gasteiger partial charge is 0.260 e. The van der Waals surface area contributed by atoms with E-state index in [1.807, 2.05) is 12.1 Å². The fourth-order valence-corrected chi connectivity index (χ4v) is 2.87. The molecule has 2 saturated heterocycles. The lowest BCUT2D eigenvalue weighted by Gasteiger charge is -2.37. The van der Waals surface area contributed by atoms with Crippen molar-refractivity contribution in [2.45, 2.75) is 0 Å². The Hall–Kier alpha value is -1.40. The van der Waals surface area contributed by atoms with Crippen LogP contribution in [0.3, 0.4) is 0 Å². The van der Waals surface area contributed by atoms with Crippen LogP contribution in [0.1, 0.15) is 0 Å². The topological polar surface area (TPSA) is 19.0 Å². The van der Waals surface area contributed by atoms with E-state index < -0.39 is 0 Å². The second kappa shape index (κ2) is 5.93. The number of nitrogens with zero attached hydrogens (tertiary/aromatic N) is 3. The molecule has 2 aliphatic heterocycles. The minimum absolute atomic E-state index is 0.143. The molecule has 0 atom stereocenters. The molecule has 0 amide bonds. The van der Waals surface area contributed by atoms with Crippen LogP contribution in [-0.4, -0.2) is 61.0 Å². The molecule has 2 aliphatic rings. The average Bonchev–Trinajstić information content (AvgIpc) is 2.86. The predicted molar refractivity (Wildman–Crippen MR) is 80.3 cm³/mol. The largest absolute Gasteiger partial charge is 0.469 e. The van der Waals surface area contributed by atoms with Crippen molar-refractivity contribution in [2.24, 2.45) is 0 Å². The molecule has 0 aromatic heterocycles. The van der Waals surface area contributed by atoms with Crippen molar-refractivity contribution in [3.05, 3.63) is 30.1 Å². The van der Waals surface area contributed by atoms with Crippen LogP contribution in [0.15, 0.2) is 24.3 Å². The summed E-state index contributed by atoms with van der Waals surface area (Å²) in [6.07, 6.45) is 0. The number of benzene rings is 1. The Balaban J connectivity index is 1.54. The van der Waals surface area contributed by atoms with E-state index in [4.69, 9.17) is 17.0 Å². The molecule has 1 aromatic rings. The number of hydrogen-bond acceptors (Lipinski definition) is 4. The van der Waals surface area contributed by atoms with Crippen molar-refractivity contribution in [1.29, 1.82) is 0 Å². The Bertz CT molecular complexity index is 491. The van der Waals surface area contributed by atoms with Crippen LogP contribution in [-0.2, 0) is 4.74 Å². The number of ether oxygens (including phenoxy) is 1. The Labute approximate surface area is 123 Å². The van der Waals surface area contributed by atoms with Gasteiger partial charge >= 0.3 is 0 Å². The van der Waals surface area contributed by atoms with E-state index in [-0.39, 0.29) is 5.82 Å². The highest BCUT2D eigenvalue weighted by molar-refractivity contribution is 7.80. The molecule has 0 N–H and O–H groups in total. The van der Waals surface area contributed by atoms with Gasteiger partial charge in [-0.05, 0) is 24.4 Å². The summed E-state index contributed by atoms with van der Waals surface area (Å²) in [6.45, 7) is 5.86. The summed E-state index contributed by atoms with van der Waals surface area (Å²) in [5.41, 5.74) is 0.701. The van der Waals surface area contributed by atoms with E-state index in [1.165, 1.54) is 6.07 Å². The molecule has 2 fully saturated rings. The first kappa shape index (κ1) is 13.6. The van der Waals surface area contributed by atoms with Crippen molar-refractivity contribution in [3.8, 4) is 0 Å².